The number of amides is 2. The maximum absolute atomic E-state index is 12.0. The molecular weight excluding hydrogens is 368 g/mol. The summed E-state index contributed by atoms with van der Waals surface area (Å²) in [7, 11) is 0. The minimum Gasteiger partial charge on any atom is -0.416 e. The highest BCUT2D eigenvalue weighted by atomic mass is 32.2. The number of nitrogens with one attached hydrogen (secondary N) is 1. The molecule has 0 atom stereocenters. The molecule has 2 amide bonds. The van der Waals surface area contributed by atoms with E-state index in [-0.39, 0.29) is 11.7 Å². The summed E-state index contributed by atoms with van der Waals surface area (Å²) >= 11 is 4.00. The van der Waals surface area contributed by atoms with Crippen LogP contribution in [0.1, 0.15) is 21.1 Å². The van der Waals surface area contributed by atoms with Crippen molar-refractivity contribution in [1.29, 1.82) is 0 Å². The maximum atomic E-state index is 12.0. The zero-order valence-electron chi connectivity index (χ0n) is 12.2. The Morgan fingerprint density at radius 1 is 1.25 bits per heavy atom. The number of carbonyl (C=O) groups excluding carboxylic acids is 2. The summed E-state index contributed by atoms with van der Waals surface area (Å²) in [6, 6.07) is 5.53. The van der Waals surface area contributed by atoms with E-state index in [4.69, 9.17) is 10.2 Å². The van der Waals surface area contributed by atoms with Gasteiger partial charge in [0.25, 0.3) is 11.1 Å². The summed E-state index contributed by atoms with van der Waals surface area (Å²) in [6.45, 7) is 0. The average molecular weight is 380 g/mol. The first kappa shape index (κ1) is 16.7. The lowest BCUT2D eigenvalue weighted by Crippen LogP contribution is -2.17. The zero-order chi connectivity index (χ0) is 16.9. The third-order valence-electron chi connectivity index (χ3n) is 2.86. The Kier molecular flexibility index (Phi) is 5.28. The monoisotopic (exact) mass is 380 g/mol. The smallest absolute Gasteiger partial charge is 0.277 e. The van der Waals surface area contributed by atoms with Crippen molar-refractivity contribution < 1.29 is 14.0 Å². The first-order valence-electron chi connectivity index (χ1n) is 6.76. The molecule has 3 heterocycles. The lowest BCUT2D eigenvalue weighted by atomic mass is 10.3. The summed E-state index contributed by atoms with van der Waals surface area (Å²) < 4.78 is 5.50. The molecule has 3 aromatic rings. The fourth-order valence-electron chi connectivity index (χ4n) is 1.82. The lowest BCUT2D eigenvalue weighted by molar-refractivity contribution is -0.113. The van der Waals surface area contributed by atoms with Crippen LogP contribution in [0, 0.1) is 0 Å². The normalized spacial score (nSPS) is 10.7. The molecule has 0 bridgehead atoms. The number of rotatable bonds is 7. The number of thiophene rings is 2. The number of aromatic nitrogens is 2. The molecule has 3 rings (SSSR count). The third kappa shape index (κ3) is 4.22. The second kappa shape index (κ2) is 7.60. The quantitative estimate of drug-likeness (QED) is 0.610. The predicted molar refractivity (Wildman–Crippen MR) is 93.6 cm³/mol. The van der Waals surface area contributed by atoms with E-state index < -0.39 is 5.91 Å². The summed E-state index contributed by atoms with van der Waals surface area (Å²) in [5.41, 5.74) is 5.54. The summed E-state index contributed by atoms with van der Waals surface area (Å²) in [5, 5.41) is 15.0. The van der Waals surface area contributed by atoms with Crippen LogP contribution in [0.4, 0.5) is 5.00 Å². The van der Waals surface area contributed by atoms with Gasteiger partial charge in [0.2, 0.25) is 11.8 Å². The van der Waals surface area contributed by atoms with Crippen LogP contribution >= 0.6 is 34.4 Å². The summed E-state index contributed by atoms with van der Waals surface area (Å²) in [6.07, 6.45) is 0.578. The van der Waals surface area contributed by atoms with Crippen molar-refractivity contribution in [1.82, 2.24) is 10.2 Å². The van der Waals surface area contributed by atoms with Gasteiger partial charge in [0.1, 0.15) is 5.00 Å². The number of hydrogen-bond donors (Lipinski definition) is 2. The van der Waals surface area contributed by atoms with E-state index in [1.165, 1.54) is 11.3 Å². The number of nitrogens with zero attached hydrogens (tertiary/aromatic N) is 2. The Balaban J connectivity index is 1.52. The molecule has 3 aromatic heterocycles. The largest absolute Gasteiger partial charge is 0.416 e. The number of carbonyl (C=O) groups is 2. The van der Waals surface area contributed by atoms with Gasteiger partial charge in [-0.3, -0.25) is 9.59 Å². The molecule has 3 N–H and O–H groups in total. The minimum atomic E-state index is -0.575. The molecule has 24 heavy (non-hydrogen) atoms. The number of anilines is 1. The summed E-state index contributed by atoms with van der Waals surface area (Å²) in [4.78, 5) is 24.3. The second-order valence-corrected chi connectivity index (χ2v) is 7.46. The number of hydrogen-bond acceptors (Lipinski definition) is 8. The predicted octanol–water partition coefficient (Wildman–Crippen LogP) is 2.61. The highest BCUT2D eigenvalue weighted by molar-refractivity contribution is 7.99. The van der Waals surface area contributed by atoms with E-state index in [0.717, 1.165) is 16.6 Å². The lowest BCUT2D eigenvalue weighted by Gasteiger charge is -2.02. The zero-order valence-corrected chi connectivity index (χ0v) is 14.7. The van der Waals surface area contributed by atoms with Crippen LogP contribution in [0.25, 0.3) is 0 Å². The first-order valence-corrected chi connectivity index (χ1v) is 9.51. The van der Waals surface area contributed by atoms with Crippen molar-refractivity contribution in [2.45, 2.75) is 11.6 Å². The number of primary amides is 1. The Hall–Kier alpha value is -2.17. The maximum Gasteiger partial charge on any atom is 0.277 e. The van der Waals surface area contributed by atoms with E-state index in [9.17, 15) is 9.59 Å². The van der Waals surface area contributed by atoms with Crippen LogP contribution in [0.5, 0.6) is 0 Å². The van der Waals surface area contributed by atoms with Gasteiger partial charge in [-0.1, -0.05) is 17.8 Å². The fourth-order valence-corrected chi connectivity index (χ4v) is 3.91. The highest BCUT2D eigenvalue weighted by Crippen LogP contribution is 2.24. The minimum absolute atomic E-state index is 0.0940. The highest BCUT2D eigenvalue weighted by Gasteiger charge is 2.14. The van der Waals surface area contributed by atoms with E-state index in [1.807, 2.05) is 17.5 Å². The molecule has 0 saturated carbocycles. The number of thioether (sulfide) groups is 1. The SMILES string of the molecule is NC(=O)c1ccsc1NC(=O)CSc1nnc(Cc2cccs2)o1. The van der Waals surface area contributed by atoms with Crippen LogP contribution in [-0.4, -0.2) is 27.8 Å². The van der Waals surface area contributed by atoms with Gasteiger partial charge in [0.05, 0.1) is 17.7 Å². The van der Waals surface area contributed by atoms with Gasteiger partial charge in [-0.05, 0) is 22.9 Å². The molecule has 0 aliphatic rings. The van der Waals surface area contributed by atoms with E-state index in [0.29, 0.717) is 28.1 Å². The fraction of sp³-hybridized carbons (Fsp3) is 0.143. The standard InChI is InChI=1S/C14H12N4O3S3/c15-12(20)9-3-5-23-13(9)16-10(19)7-24-14-18-17-11(21-14)6-8-2-1-4-22-8/h1-5H,6-7H2,(H2,15,20)(H,16,19). The molecule has 0 aromatic carbocycles. The van der Waals surface area contributed by atoms with Gasteiger partial charge in [0.15, 0.2) is 0 Å². The van der Waals surface area contributed by atoms with Gasteiger partial charge >= 0.3 is 0 Å². The van der Waals surface area contributed by atoms with Crippen molar-refractivity contribution >= 4 is 51.3 Å². The van der Waals surface area contributed by atoms with Crippen molar-refractivity contribution in [3.63, 3.8) is 0 Å². The molecular formula is C14H12N4O3S3. The van der Waals surface area contributed by atoms with Gasteiger partial charge in [-0.25, -0.2) is 0 Å². The molecule has 0 spiro atoms. The molecule has 124 valence electrons. The van der Waals surface area contributed by atoms with E-state index >= 15 is 0 Å². The van der Waals surface area contributed by atoms with Crippen molar-refractivity contribution in [3.8, 4) is 0 Å². The molecule has 10 heteroatoms. The molecule has 0 fully saturated rings. The summed E-state index contributed by atoms with van der Waals surface area (Å²) in [5.74, 6) is -0.247. The molecule has 0 unspecified atom stereocenters. The number of nitrogens with two attached hydrogens (primary N) is 1. The van der Waals surface area contributed by atoms with Crippen LogP contribution in [0.2, 0.25) is 0 Å². The first-order chi connectivity index (χ1) is 11.6. The van der Waals surface area contributed by atoms with Gasteiger partial charge < -0.3 is 15.5 Å². The van der Waals surface area contributed by atoms with Crippen molar-refractivity contribution in [2.24, 2.45) is 5.73 Å². The average Bonchev–Trinajstić information content (AvgIpc) is 3.27. The molecule has 0 aliphatic carbocycles. The Morgan fingerprint density at radius 3 is 2.88 bits per heavy atom. The molecule has 0 saturated heterocycles. The van der Waals surface area contributed by atoms with Crippen LogP contribution in [-0.2, 0) is 11.2 Å². The molecule has 0 radical (unpaired) electrons. The van der Waals surface area contributed by atoms with Gasteiger partial charge in [-0.2, -0.15) is 0 Å². The Labute approximate surface area is 149 Å². The van der Waals surface area contributed by atoms with Gasteiger partial charge in [0, 0.05) is 4.88 Å². The molecule has 7 nitrogen and oxygen atoms in total. The van der Waals surface area contributed by atoms with Crippen LogP contribution in [0.3, 0.4) is 0 Å². The topological polar surface area (TPSA) is 111 Å². The Morgan fingerprint density at radius 2 is 2.12 bits per heavy atom. The van der Waals surface area contributed by atoms with Crippen LogP contribution in [0.15, 0.2) is 38.6 Å². The van der Waals surface area contributed by atoms with E-state index in [1.54, 1.807) is 22.8 Å². The third-order valence-corrected chi connectivity index (χ3v) is 5.39. The Bertz CT molecular complexity index is 841. The van der Waals surface area contributed by atoms with Gasteiger partial charge in [-0.15, -0.1) is 32.9 Å². The second-order valence-electron chi connectivity index (χ2n) is 4.58. The van der Waals surface area contributed by atoms with Crippen molar-refractivity contribution in [3.05, 3.63) is 45.3 Å². The van der Waals surface area contributed by atoms with Crippen molar-refractivity contribution in [2.75, 3.05) is 11.1 Å². The molecule has 0 aliphatic heterocycles. The van der Waals surface area contributed by atoms with Crippen LogP contribution < -0.4 is 11.1 Å². The van der Waals surface area contributed by atoms with E-state index in [2.05, 4.69) is 15.5 Å².